The van der Waals surface area contributed by atoms with Crippen LogP contribution in [0.3, 0.4) is 0 Å². The highest BCUT2D eigenvalue weighted by molar-refractivity contribution is 6.14. The topological polar surface area (TPSA) is 43.4 Å². The van der Waals surface area contributed by atoms with Crippen molar-refractivity contribution < 1.29 is 18.7 Å². The van der Waals surface area contributed by atoms with E-state index in [0.717, 1.165) is 12.1 Å². The number of cyclic esters (lactones) is 2. The molecule has 0 atom stereocenters. The van der Waals surface area contributed by atoms with Gasteiger partial charge in [-0.1, -0.05) is 7.43 Å². The van der Waals surface area contributed by atoms with Crippen molar-refractivity contribution in [1.82, 2.24) is 0 Å². The molecule has 0 saturated carbocycles. The van der Waals surface area contributed by atoms with Crippen LogP contribution in [0.15, 0.2) is 18.2 Å². The van der Waals surface area contributed by atoms with Gasteiger partial charge in [0.15, 0.2) is 0 Å². The van der Waals surface area contributed by atoms with Crippen LogP contribution in [-0.4, -0.2) is 11.9 Å². The SMILES string of the molecule is C.O=C1OC(=O)c2cc(F)ccc21. The molecule has 0 N–H and O–H groups in total. The lowest BCUT2D eigenvalue weighted by atomic mass is 10.1. The van der Waals surface area contributed by atoms with Gasteiger partial charge in [0.05, 0.1) is 11.1 Å². The lowest BCUT2D eigenvalue weighted by Gasteiger charge is -1.89. The van der Waals surface area contributed by atoms with Gasteiger partial charge in [-0.25, -0.2) is 14.0 Å². The minimum Gasteiger partial charge on any atom is -0.386 e. The smallest absolute Gasteiger partial charge is 0.347 e. The molecule has 1 aliphatic heterocycles. The summed E-state index contributed by atoms with van der Waals surface area (Å²) in [7, 11) is 0. The maximum absolute atomic E-state index is 12.5. The van der Waals surface area contributed by atoms with Gasteiger partial charge in [0, 0.05) is 0 Å². The zero-order valence-corrected chi connectivity index (χ0v) is 5.83. The van der Waals surface area contributed by atoms with Crippen LogP contribution in [-0.2, 0) is 4.74 Å². The predicted octanol–water partition coefficient (Wildman–Crippen LogP) is 1.77. The van der Waals surface area contributed by atoms with E-state index in [1.807, 2.05) is 0 Å². The first-order chi connectivity index (χ1) is 5.68. The van der Waals surface area contributed by atoms with Crippen molar-refractivity contribution in [3.05, 3.63) is 35.1 Å². The number of rotatable bonds is 0. The molecule has 0 spiro atoms. The average Bonchev–Trinajstić information content (AvgIpc) is 2.28. The molecular formula is C9H7FO3. The van der Waals surface area contributed by atoms with E-state index >= 15 is 0 Å². The summed E-state index contributed by atoms with van der Waals surface area (Å²) in [6.07, 6.45) is 0. The van der Waals surface area contributed by atoms with Crippen LogP contribution in [0.2, 0.25) is 0 Å². The highest BCUT2D eigenvalue weighted by atomic mass is 19.1. The minimum atomic E-state index is -0.783. The van der Waals surface area contributed by atoms with Gasteiger partial charge >= 0.3 is 11.9 Å². The summed E-state index contributed by atoms with van der Waals surface area (Å²) < 4.78 is 16.8. The van der Waals surface area contributed by atoms with Crippen molar-refractivity contribution in [3.8, 4) is 0 Å². The molecule has 0 unspecified atom stereocenters. The van der Waals surface area contributed by atoms with Crippen molar-refractivity contribution in [3.63, 3.8) is 0 Å². The molecule has 0 saturated heterocycles. The van der Waals surface area contributed by atoms with Gasteiger partial charge < -0.3 is 4.74 Å². The maximum atomic E-state index is 12.5. The molecule has 4 heteroatoms. The summed E-state index contributed by atoms with van der Waals surface area (Å²) in [4.78, 5) is 21.6. The van der Waals surface area contributed by atoms with E-state index in [4.69, 9.17) is 0 Å². The zero-order chi connectivity index (χ0) is 8.72. The Balaban J connectivity index is 0.000000845. The standard InChI is InChI=1S/C8H3FO3.CH4/c9-4-1-2-5-6(3-4)8(11)12-7(5)10;/h1-3H;1H4. The lowest BCUT2D eigenvalue weighted by molar-refractivity contribution is 0.0443. The largest absolute Gasteiger partial charge is 0.386 e. The van der Waals surface area contributed by atoms with E-state index in [0.29, 0.717) is 0 Å². The molecule has 13 heavy (non-hydrogen) atoms. The van der Waals surface area contributed by atoms with Crippen LogP contribution in [0.4, 0.5) is 4.39 Å². The van der Waals surface area contributed by atoms with Crippen molar-refractivity contribution in [2.75, 3.05) is 0 Å². The van der Waals surface area contributed by atoms with Crippen molar-refractivity contribution in [2.24, 2.45) is 0 Å². The lowest BCUT2D eigenvalue weighted by Crippen LogP contribution is -1.96. The molecule has 0 amide bonds. The third-order valence-corrected chi connectivity index (χ3v) is 1.61. The Kier molecular flexibility index (Phi) is 2.14. The summed E-state index contributed by atoms with van der Waals surface area (Å²) >= 11 is 0. The van der Waals surface area contributed by atoms with Crippen LogP contribution in [0.5, 0.6) is 0 Å². The molecule has 0 bridgehead atoms. The highest BCUT2D eigenvalue weighted by Gasteiger charge is 2.29. The molecule has 1 heterocycles. The number of carbonyl (C=O) groups excluding carboxylic acids is 2. The number of hydrogen-bond donors (Lipinski definition) is 0. The molecular weight excluding hydrogens is 175 g/mol. The van der Waals surface area contributed by atoms with Gasteiger partial charge in [-0.15, -0.1) is 0 Å². The molecule has 0 aromatic heterocycles. The van der Waals surface area contributed by atoms with Gasteiger partial charge in [0.1, 0.15) is 5.82 Å². The molecule has 68 valence electrons. The fourth-order valence-electron chi connectivity index (χ4n) is 1.06. The Hall–Kier alpha value is -1.71. The van der Waals surface area contributed by atoms with Crippen molar-refractivity contribution >= 4 is 11.9 Å². The van der Waals surface area contributed by atoms with Crippen LogP contribution in [0.1, 0.15) is 28.1 Å². The van der Waals surface area contributed by atoms with Crippen LogP contribution < -0.4 is 0 Å². The molecule has 1 aromatic carbocycles. The summed E-state index contributed by atoms with van der Waals surface area (Å²) in [5.74, 6) is -2.05. The molecule has 1 aromatic rings. The highest BCUT2D eigenvalue weighted by Crippen LogP contribution is 2.20. The van der Waals surface area contributed by atoms with E-state index in [9.17, 15) is 14.0 Å². The van der Waals surface area contributed by atoms with Gasteiger partial charge in [-0.2, -0.15) is 0 Å². The fraction of sp³-hybridized carbons (Fsp3) is 0.111. The molecule has 0 aliphatic carbocycles. The monoisotopic (exact) mass is 182 g/mol. The quantitative estimate of drug-likeness (QED) is 0.453. The Morgan fingerprint density at radius 3 is 2.38 bits per heavy atom. The Morgan fingerprint density at radius 2 is 1.69 bits per heavy atom. The maximum Gasteiger partial charge on any atom is 0.347 e. The summed E-state index contributed by atoms with van der Waals surface area (Å²) in [5.41, 5.74) is 0.126. The van der Waals surface area contributed by atoms with E-state index in [2.05, 4.69) is 4.74 Å². The first-order valence-electron chi connectivity index (χ1n) is 3.24. The fourth-order valence-corrected chi connectivity index (χ4v) is 1.06. The van der Waals surface area contributed by atoms with Crippen molar-refractivity contribution in [2.45, 2.75) is 7.43 Å². The second-order valence-electron chi connectivity index (χ2n) is 2.37. The van der Waals surface area contributed by atoms with Gasteiger partial charge in [-0.3, -0.25) is 0 Å². The van der Waals surface area contributed by atoms with E-state index in [1.54, 1.807) is 0 Å². The number of fused-ring (bicyclic) bond motifs is 1. The van der Waals surface area contributed by atoms with E-state index < -0.39 is 17.8 Å². The molecule has 2 rings (SSSR count). The van der Waals surface area contributed by atoms with Crippen molar-refractivity contribution in [1.29, 1.82) is 0 Å². The molecule has 3 nitrogen and oxygen atoms in total. The number of halogens is 1. The summed E-state index contributed by atoms with van der Waals surface area (Å²) in [5, 5.41) is 0. The molecule has 0 radical (unpaired) electrons. The number of esters is 2. The average molecular weight is 182 g/mol. The Morgan fingerprint density at radius 1 is 1.08 bits per heavy atom. The minimum absolute atomic E-state index is 0. The van der Waals surface area contributed by atoms with Gasteiger partial charge in [0.25, 0.3) is 0 Å². The van der Waals surface area contributed by atoms with Crippen LogP contribution in [0.25, 0.3) is 0 Å². The first-order valence-corrected chi connectivity index (χ1v) is 3.24. The second kappa shape index (κ2) is 2.97. The number of ether oxygens (including phenoxy) is 1. The third-order valence-electron chi connectivity index (χ3n) is 1.61. The molecule has 1 aliphatic rings. The zero-order valence-electron chi connectivity index (χ0n) is 5.83. The first kappa shape index (κ1) is 9.38. The Labute approximate surface area is 74.1 Å². The normalized spacial score (nSPS) is 13.3. The number of hydrogen-bond acceptors (Lipinski definition) is 3. The Bertz CT molecular complexity index is 384. The number of carbonyl (C=O) groups is 2. The summed E-state index contributed by atoms with van der Waals surface area (Å²) in [6.45, 7) is 0. The number of benzene rings is 1. The summed E-state index contributed by atoms with van der Waals surface area (Å²) in [6, 6.07) is 3.33. The van der Waals surface area contributed by atoms with Crippen LogP contribution >= 0.6 is 0 Å². The van der Waals surface area contributed by atoms with Crippen LogP contribution in [0, 0.1) is 5.82 Å². The predicted molar refractivity (Wildman–Crippen MR) is 42.9 cm³/mol. The third kappa shape index (κ3) is 1.30. The van der Waals surface area contributed by atoms with E-state index in [-0.39, 0.29) is 18.6 Å². The molecule has 0 fully saturated rings. The van der Waals surface area contributed by atoms with Gasteiger partial charge in [0.2, 0.25) is 0 Å². The van der Waals surface area contributed by atoms with Gasteiger partial charge in [-0.05, 0) is 18.2 Å². The van der Waals surface area contributed by atoms with E-state index in [1.165, 1.54) is 6.07 Å². The second-order valence-corrected chi connectivity index (χ2v) is 2.37.